The van der Waals surface area contributed by atoms with Gasteiger partial charge < -0.3 is 9.64 Å². The first kappa shape index (κ1) is 14.6. The number of nitrogens with zero attached hydrogens (tertiary/aromatic N) is 5. The van der Waals surface area contributed by atoms with E-state index in [2.05, 4.69) is 22.0 Å². The average Bonchev–Trinajstić information content (AvgIpc) is 3.20. The maximum absolute atomic E-state index is 12.8. The van der Waals surface area contributed by atoms with Crippen LogP contribution in [0.1, 0.15) is 17.3 Å². The Labute approximate surface area is 134 Å². The number of ether oxygens (including phenoxy) is 1. The fraction of sp³-hybridized carbons (Fsp3) is 0.562. The van der Waals surface area contributed by atoms with E-state index in [1.54, 1.807) is 10.7 Å². The van der Waals surface area contributed by atoms with Crippen molar-refractivity contribution in [2.45, 2.75) is 13.0 Å². The molecule has 2 saturated heterocycles. The number of rotatable bonds is 2. The van der Waals surface area contributed by atoms with E-state index in [0.29, 0.717) is 17.5 Å². The Hall–Kier alpha value is -1.99. The molecule has 0 N–H and O–H groups in total. The van der Waals surface area contributed by atoms with Crippen molar-refractivity contribution in [2.75, 3.05) is 39.4 Å². The van der Waals surface area contributed by atoms with Crippen molar-refractivity contribution >= 4 is 11.6 Å². The average molecular weight is 315 g/mol. The number of fused-ring (bicyclic) bond motifs is 1. The molecule has 7 nitrogen and oxygen atoms in total. The van der Waals surface area contributed by atoms with Crippen LogP contribution < -0.4 is 0 Å². The summed E-state index contributed by atoms with van der Waals surface area (Å²) >= 11 is 0. The van der Waals surface area contributed by atoms with Crippen molar-refractivity contribution in [2.24, 2.45) is 5.92 Å². The molecule has 2 atom stereocenters. The third-order valence-electron chi connectivity index (χ3n) is 4.91. The Balaban J connectivity index is 1.50. The number of likely N-dealkylation sites (tertiary alicyclic amines) is 1. The molecule has 1 amide bonds. The molecule has 0 radical (unpaired) electrons. The van der Waals surface area contributed by atoms with Gasteiger partial charge in [0.1, 0.15) is 6.33 Å². The summed E-state index contributed by atoms with van der Waals surface area (Å²) < 4.78 is 7.22. The smallest absolute Gasteiger partial charge is 0.255 e. The van der Waals surface area contributed by atoms with Gasteiger partial charge in [0.2, 0.25) is 0 Å². The fourth-order valence-corrected chi connectivity index (χ4v) is 3.64. The summed E-state index contributed by atoms with van der Waals surface area (Å²) in [6.45, 7) is 7.34. The fourth-order valence-electron chi connectivity index (χ4n) is 3.64. The first-order chi connectivity index (χ1) is 11.2. The minimum atomic E-state index is 0.0863. The van der Waals surface area contributed by atoms with Crippen LogP contribution in [0.2, 0.25) is 0 Å². The van der Waals surface area contributed by atoms with Crippen LogP contribution >= 0.6 is 0 Å². The van der Waals surface area contributed by atoms with Gasteiger partial charge in [-0.15, -0.1) is 10.2 Å². The van der Waals surface area contributed by atoms with Gasteiger partial charge in [-0.3, -0.25) is 14.1 Å². The molecule has 7 heteroatoms. The quantitative estimate of drug-likeness (QED) is 0.808. The van der Waals surface area contributed by atoms with E-state index >= 15 is 0 Å². The van der Waals surface area contributed by atoms with Crippen LogP contribution in [0.5, 0.6) is 0 Å². The number of morpholine rings is 1. The zero-order valence-corrected chi connectivity index (χ0v) is 13.3. The second-order valence-corrected chi connectivity index (χ2v) is 6.42. The van der Waals surface area contributed by atoms with E-state index in [0.717, 1.165) is 45.0 Å². The highest BCUT2D eigenvalue weighted by molar-refractivity contribution is 5.94. The lowest BCUT2D eigenvalue weighted by Gasteiger charge is -2.33. The summed E-state index contributed by atoms with van der Waals surface area (Å²) in [6.07, 6.45) is 3.43. The summed E-state index contributed by atoms with van der Waals surface area (Å²) in [7, 11) is 0. The summed E-state index contributed by atoms with van der Waals surface area (Å²) in [5.41, 5.74) is 1.44. The molecule has 2 aromatic heterocycles. The van der Waals surface area contributed by atoms with E-state index in [-0.39, 0.29) is 5.91 Å². The molecule has 0 aliphatic carbocycles. The summed E-state index contributed by atoms with van der Waals surface area (Å²) in [6, 6.07) is 4.10. The van der Waals surface area contributed by atoms with E-state index in [9.17, 15) is 4.79 Å². The van der Waals surface area contributed by atoms with Gasteiger partial charge in [-0.05, 0) is 18.1 Å². The van der Waals surface area contributed by atoms with Crippen LogP contribution in [-0.4, -0.2) is 75.7 Å². The van der Waals surface area contributed by atoms with Crippen LogP contribution in [0.25, 0.3) is 5.65 Å². The molecule has 0 unspecified atom stereocenters. The van der Waals surface area contributed by atoms with Gasteiger partial charge >= 0.3 is 0 Å². The number of carbonyl (C=O) groups excluding carboxylic acids is 1. The molecule has 2 fully saturated rings. The monoisotopic (exact) mass is 315 g/mol. The normalized spacial score (nSPS) is 26.0. The lowest BCUT2D eigenvalue weighted by atomic mass is 10.0. The Bertz CT molecular complexity index is 709. The molecule has 4 heterocycles. The Morgan fingerprint density at radius 2 is 2.09 bits per heavy atom. The van der Waals surface area contributed by atoms with Crippen molar-refractivity contribution in [3.63, 3.8) is 0 Å². The van der Waals surface area contributed by atoms with Gasteiger partial charge in [0, 0.05) is 38.4 Å². The minimum absolute atomic E-state index is 0.0863. The number of hydrogen-bond acceptors (Lipinski definition) is 5. The molecule has 0 saturated carbocycles. The summed E-state index contributed by atoms with van der Waals surface area (Å²) in [4.78, 5) is 17.2. The molecule has 0 aromatic carbocycles. The zero-order chi connectivity index (χ0) is 15.8. The van der Waals surface area contributed by atoms with E-state index in [4.69, 9.17) is 4.74 Å². The predicted molar refractivity (Wildman–Crippen MR) is 84.2 cm³/mol. The maximum Gasteiger partial charge on any atom is 0.255 e. The molecule has 2 aliphatic rings. The first-order valence-corrected chi connectivity index (χ1v) is 8.13. The van der Waals surface area contributed by atoms with Gasteiger partial charge in [0.25, 0.3) is 5.91 Å². The van der Waals surface area contributed by atoms with Crippen LogP contribution in [0, 0.1) is 5.92 Å². The largest absolute Gasteiger partial charge is 0.379 e. The third kappa shape index (κ3) is 2.70. The van der Waals surface area contributed by atoms with E-state index in [1.165, 1.54) is 0 Å². The Kier molecular flexibility index (Phi) is 3.74. The molecule has 2 aliphatic heterocycles. The topological polar surface area (TPSA) is 63.0 Å². The lowest BCUT2D eigenvalue weighted by Crippen LogP contribution is -2.47. The molecular weight excluding hydrogens is 294 g/mol. The molecule has 4 rings (SSSR count). The Morgan fingerprint density at radius 3 is 2.91 bits per heavy atom. The van der Waals surface area contributed by atoms with Crippen LogP contribution in [0.3, 0.4) is 0 Å². The van der Waals surface area contributed by atoms with Crippen molar-refractivity contribution in [3.8, 4) is 0 Å². The highest BCUT2D eigenvalue weighted by Gasteiger charge is 2.36. The second-order valence-electron chi connectivity index (χ2n) is 6.42. The van der Waals surface area contributed by atoms with Gasteiger partial charge in [-0.25, -0.2) is 0 Å². The summed E-state index contributed by atoms with van der Waals surface area (Å²) in [5.74, 6) is 0.568. The minimum Gasteiger partial charge on any atom is -0.379 e. The highest BCUT2D eigenvalue weighted by atomic mass is 16.5. The SMILES string of the molecule is C[C@H]1CN(C(=O)c2ccc3nncn3c2)C[C@@H]1N1CCOCC1. The van der Waals surface area contributed by atoms with E-state index < -0.39 is 0 Å². The molecular formula is C16H21N5O2. The molecule has 0 spiro atoms. The van der Waals surface area contributed by atoms with Crippen molar-refractivity contribution < 1.29 is 9.53 Å². The zero-order valence-electron chi connectivity index (χ0n) is 13.3. The van der Waals surface area contributed by atoms with Crippen LogP contribution in [0.4, 0.5) is 0 Å². The first-order valence-electron chi connectivity index (χ1n) is 8.13. The number of aromatic nitrogens is 3. The van der Waals surface area contributed by atoms with Crippen molar-refractivity contribution in [3.05, 3.63) is 30.2 Å². The number of amides is 1. The lowest BCUT2D eigenvalue weighted by molar-refractivity contribution is 0.0119. The van der Waals surface area contributed by atoms with Gasteiger partial charge in [-0.1, -0.05) is 6.92 Å². The maximum atomic E-state index is 12.8. The van der Waals surface area contributed by atoms with Gasteiger partial charge in [-0.2, -0.15) is 0 Å². The molecule has 0 bridgehead atoms. The molecule has 2 aromatic rings. The van der Waals surface area contributed by atoms with E-state index in [1.807, 2.05) is 23.2 Å². The van der Waals surface area contributed by atoms with Crippen molar-refractivity contribution in [1.29, 1.82) is 0 Å². The molecule has 122 valence electrons. The number of carbonyl (C=O) groups is 1. The summed E-state index contributed by atoms with van der Waals surface area (Å²) in [5, 5.41) is 7.83. The van der Waals surface area contributed by atoms with Gasteiger partial charge in [0.05, 0.1) is 18.8 Å². The highest BCUT2D eigenvalue weighted by Crippen LogP contribution is 2.24. The predicted octanol–water partition coefficient (Wildman–Crippen LogP) is 0.522. The standard InChI is InChI=1S/C16H21N5O2/c1-12-8-20(10-14(12)19-4-6-23-7-5-19)16(22)13-2-3-15-18-17-11-21(15)9-13/h2-3,9,11-12,14H,4-8,10H2,1H3/t12-,14-/m0/s1. The number of pyridine rings is 1. The third-order valence-corrected chi connectivity index (χ3v) is 4.91. The molecule has 23 heavy (non-hydrogen) atoms. The number of hydrogen-bond donors (Lipinski definition) is 0. The second kappa shape index (κ2) is 5.90. The van der Waals surface area contributed by atoms with Crippen LogP contribution in [-0.2, 0) is 4.74 Å². The van der Waals surface area contributed by atoms with Crippen LogP contribution in [0.15, 0.2) is 24.7 Å². The Morgan fingerprint density at radius 1 is 1.26 bits per heavy atom. The van der Waals surface area contributed by atoms with Crippen molar-refractivity contribution in [1.82, 2.24) is 24.4 Å². The van der Waals surface area contributed by atoms with Gasteiger partial charge in [0.15, 0.2) is 5.65 Å².